The molecule has 1 rings (SSSR count). The first-order valence-corrected chi connectivity index (χ1v) is 5.63. The minimum Gasteiger partial charge on any atom is -0.261 e. The predicted octanol–water partition coefficient (Wildman–Crippen LogP) is 3.59. The number of aromatic nitrogens is 1. The van der Waals surface area contributed by atoms with Gasteiger partial charge in [0.15, 0.2) is 0 Å². The molecule has 0 aliphatic carbocycles. The molecule has 14 heavy (non-hydrogen) atoms. The molecule has 2 heteroatoms. The molecular weight excluding hydrogens is 194 g/mol. The van der Waals surface area contributed by atoms with Gasteiger partial charge in [0.2, 0.25) is 0 Å². The number of hydrogen-bond acceptors (Lipinski definition) is 1. The summed E-state index contributed by atoms with van der Waals surface area (Å²) in [5, 5.41) is 0.202. The summed E-state index contributed by atoms with van der Waals surface area (Å²) in [6.07, 6.45) is 3.84. The lowest BCUT2D eigenvalue weighted by Gasteiger charge is -2.16. The van der Waals surface area contributed by atoms with Crippen LogP contribution in [0.2, 0.25) is 0 Å². The van der Waals surface area contributed by atoms with E-state index in [1.165, 1.54) is 5.56 Å². The van der Waals surface area contributed by atoms with Gasteiger partial charge in [-0.25, -0.2) is 0 Å². The molecule has 0 N–H and O–H groups in total. The van der Waals surface area contributed by atoms with E-state index in [-0.39, 0.29) is 5.38 Å². The van der Waals surface area contributed by atoms with E-state index < -0.39 is 0 Å². The highest BCUT2D eigenvalue weighted by Gasteiger charge is 2.14. The van der Waals surface area contributed by atoms with Crippen LogP contribution in [0.3, 0.4) is 0 Å². The maximum atomic E-state index is 6.30. The molecule has 1 aromatic rings. The number of halogens is 1. The van der Waals surface area contributed by atoms with Crippen LogP contribution in [-0.2, 0) is 6.42 Å². The first-order valence-electron chi connectivity index (χ1n) is 5.19. The fourth-order valence-electron chi connectivity index (χ4n) is 1.37. The number of aryl methyl sites for hydroxylation is 1. The molecule has 0 aliphatic heterocycles. The molecule has 1 nitrogen and oxygen atoms in total. The molecule has 0 spiro atoms. The van der Waals surface area contributed by atoms with Crippen molar-refractivity contribution in [1.82, 2.24) is 4.98 Å². The van der Waals surface area contributed by atoms with Crippen molar-refractivity contribution in [2.45, 2.75) is 39.0 Å². The summed E-state index contributed by atoms with van der Waals surface area (Å²) < 4.78 is 0. The lowest BCUT2D eigenvalue weighted by atomic mass is 9.99. The van der Waals surface area contributed by atoms with E-state index in [0.29, 0.717) is 5.92 Å². The number of alkyl halides is 1. The Morgan fingerprint density at radius 2 is 2.21 bits per heavy atom. The van der Waals surface area contributed by atoms with Gasteiger partial charge in [0.25, 0.3) is 0 Å². The third-order valence-corrected chi connectivity index (χ3v) is 3.35. The van der Waals surface area contributed by atoms with Gasteiger partial charge in [-0.05, 0) is 24.5 Å². The van der Waals surface area contributed by atoms with Crippen molar-refractivity contribution >= 4 is 11.6 Å². The van der Waals surface area contributed by atoms with Gasteiger partial charge < -0.3 is 0 Å². The average Bonchev–Trinajstić information content (AvgIpc) is 2.20. The van der Waals surface area contributed by atoms with Crippen molar-refractivity contribution in [3.05, 3.63) is 29.6 Å². The van der Waals surface area contributed by atoms with Crippen molar-refractivity contribution in [3.8, 4) is 0 Å². The monoisotopic (exact) mass is 211 g/mol. The molecule has 78 valence electrons. The molecule has 1 aromatic heterocycles. The molecule has 0 aromatic carbocycles. The Labute approximate surface area is 91.5 Å². The third kappa shape index (κ3) is 2.98. The Balaban J connectivity index is 2.64. The summed E-state index contributed by atoms with van der Waals surface area (Å²) in [5.74, 6) is 0.554. The normalized spacial score (nSPS) is 15.1. The van der Waals surface area contributed by atoms with Crippen molar-refractivity contribution in [1.29, 1.82) is 0 Å². The highest BCUT2D eigenvalue weighted by Crippen LogP contribution is 2.19. The van der Waals surface area contributed by atoms with Gasteiger partial charge in [0.1, 0.15) is 0 Å². The van der Waals surface area contributed by atoms with Gasteiger partial charge in [0.05, 0.1) is 0 Å². The molecule has 0 saturated heterocycles. The van der Waals surface area contributed by atoms with E-state index in [1.807, 2.05) is 12.3 Å². The zero-order valence-electron chi connectivity index (χ0n) is 9.13. The highest BCUT2D eigenvalue weighted by atomic mass is 35.5. The van der Waals surface area contributed by atoms with Crippen LogP contribution in [0, 0.1) is 12.8 Å². The zero-order valence-corrected chi connectivity index (χ0v) is 9.88. The Morgan fingerprint density at radius 3 is 2.79 bits per heavy atom. The molecule has 0 saturated carbocycles. The van der Waals surface area contributed by atoms with Crippen LogP contribution >= 0.6 is 11.6 Å². The van der Waals surface area contributed by atoms with Crippen molar-refractivity contribution < 1.29 is 0 Å². The van der Waals surface area contributed by atoms with Gasteiger partial charge in [-0.1, -0.05) is 26.3 Å². The third-order valence-electron chi connectivity index (χ3n) is 2.77. The number of rotatable bonds is 4. The molecule has 2 unspecified atom stereocenters. The Hall–Kier alpha value is -0.560. The van der Waals surface area contributed by atoms with Crippen LogP contribution in [-0.4, -0.2) is 10.4 Å². The van der Waals surface area contributed by atoms with Gasteiger partial charge in [-0.3, -0.25) is 4.98 Å². The van der Waals surface area contributed by atoms with E-state index in [4.69, 9.17) is 11.6 Å². The molecule has 0 fully saturated rings. The predicted molar refractivity (Wildman–Crippen MR) is 61.8 cm³/mol. The summed E-state index contributed by atoms with van der Waals surface area (Å²) in [7, 11) is 0. The Kier molecular flexibility index (Phi) is 4.40. The largest absolute Gasteiger partial charge is 0.261 e. The van der Waals surface area contributed by atoms with Crippen LogP contribution in [0.15, 0.2) is 18.3 Å². The quantitative estimate of drug-likeness (QED) is 0.694. The van der Waals surface area contributed by atoms with E-state index in [1.54, 1.807) is 0 Å². The van der Waals surface area contributed by atoms with E-state index >= 15 is 0 Å². The second-order valence-corrected chi connectivity index (χ2v) is 4.43. The fourth-order valence-corrected chi connectivity index (χ4v) is 1.70. The van der Waals surface area contributed by atoms with Crippen LogP contribution in [0.4, 0.5) is 0 Å². The van der Waals surface area contributed by atoms with Crippen LogP contribution in [0.5, 0.6) is 0 Å². The summed E-state index contributed by atoms with van der Waals surface area (Å²) >= 11 is 6.30. The van der Waals surface area contributed by atoms with E-state index in [9.17, 15) is 0 Å². The Morgan fingerprint density at radius 1 is 1.50 bits per heavy atom. The molecule has 0 radical (unpaired) electrons. The summed E-state index contributed by atoms with van der Waals surface area (Å²) in [6.45, 7) is 6.45. The van der Waals surface area contributed by atoms with Crippen LogP contribution in [0.1, 0.15) is 31.5 Å². The Bertz CT molecular complexity index is 285. The van der Waals surface area contributed by atoms with Crippen molar-refractivity contribution in [3.63, 3.8) is 0 Å². The van der Waals surface area contributed by atoms with Gasteiger partial charge in [-0.15, -0.1) is 11.6 Å². The van der Waals surface area contributed by atoms with Crippen molar-refractivity contribution in [2.75, 3.05) is 0 Å². The fraction of sp³-hybridized carbons (Fsp3) is 0.583. The molecule has 0 bridgehead atoms. The SMILES string of the molecule is CCC(C)C(Cl)Cc1ncccc1C. The summed E-state index contributed by atoms with van der Waals surface area (Å²) in [5.41, 5.74) is 2.37. The molecule has 0 amide bonds. The second kappa shape index (κ2) is 5.35. The van der Waals surface area contributed by atoms with Gasteiger partial charge >= 0.3 is 0 Å². The van der Waals surface area contributed by atoms with Crippen LogP contribution in [0.25, 0.3) is 0 Å². The lowest BCUT2D eigenvalue weighted by Crippen LogP contribution is -2.15. The van der Waals surface area contributed by atoms with Gasteiger partial charge in [-0.2, -0.15) is 0 Å². The minimum absolute atomic E-state index is 0.202. The first-order chi connectivity index (χ1) is 6.65. The molecular formula is C12H18ClN. The minimum atomic E-state index is 0.202. The van der Waals surface area contributed by atoms with Gasteiger partial charge in [0, 0.05) is 23.7 Å². The zero-order chi connectivity index (χ0) is 10.6. The highest BCUT2D eigenvalue weighted by molar-refractivity contribution is 6.20. The number of pyridine rings is 1. The summed E-state index contributed by atoms with van der Waals surface area (Å²) in [4.78, 5) is 4.35. The molecule has 1 heterocycles. The topological polar surface area (TPSA) is 12.9 Å². The average molecular weight is 212 g/mol. The lowest BCUT2D eigenvalue weighted by molar-refractivity contribution is 0.521. The second-order valence-electron chi connectivity index (χ2n) is 3.87. The maximum absolute atomic E-state index is 6.30. The smallest absolute Gasteiger partial charge is 0.0447 e. The summed E-state index contributed by atoms with van der Waals surface area (Å²) in [6, 6.07) is 4.05. The van der Waals surface area contributed by atoms with Crippen molar-refractivity contribution in [2.24, 2.45) is 5.92 Å². The maximum Gasteiger partial charge on any atom is 0.0447 e. The standard InChI is InChI=1S/C12H18ClN/c1-4-9(2)11(13)8-12-10(3)6-5-7-14-12/h5-7,9,11H,4,8H2,1-3H3. The van der Waals surface area contributed by atoms with Crippen LogP contribution < -0.4 is 0 Å². The molecule has 0 aliphatic rings. The number of nitrogens with zero attached hydrogens (tertiary/aromatic N) is 1. The van der Waals surface area contributed by atoms with E-state index in [0.717, 1.165) is 18.5 Å². The number of hydrogen-bond donors (Lipinski definition) is 0. The van der Waals surface area contributed by atoms with E-state index in [2.05, 4.69) is 31.8 Å². The first kappa shape index (κ1) is 11.5. The molecule has 2 atom stereocenters.